The van der Waals surface area contributed by atoms with Crippen LogP contribution in [0.25, 0.3) is 10.9 Å². The number of piperidine rings is 1. The van der Waals surface area contributed by atoms with Crippen molar-refractivity contribution in [3.63, 3.8) is 0 Å². The molecule has 3 heterocycles. The number of nitrogens with one attached hydrogen (secondary N) is 1. The maximum Gasteiger partial charge on any atom is 0.243 e. The van der Waals surface area contributed by atoms with Crippen molar-refractivity contribution in [3.8, 4) is 0 Å². The van der Waals surface area contributed by atoms with E-state index in [0.717, 1.165) is 55.4 Å². The average Bonchev–Trinajstić information content (AvgIpc) is 3.45. The highest BCUT2D eigenvalue weighted by Crippen LogP contribution is 2.27. The Morgan fingerprint density at radius 2 is 1.77 bits per heavy atom. The number of carbonyl (C=O) groups is 1. The van der Waals surface area contributed by atoms with E-state index < -0.39 is 10.0 Å². The van der Waals surface area contributed by atoms with Crippen LogP contribution >= 0.6 is 0 Å². The van der Waals surface area contributed by atoms with E-state index in [0.29, 0.717) is 31.1 Å². The van der Waals surface area contributed by atoms with Crippen molar-refractivity contribution in [2.24, 2.45) is 5.92 Å². The molecule has 0 spiro atoms. The molecule has 0 saturated carbocycles. The Balaban J connectivity index is 1.24. The summed E-state index contributed by atoms with van der Waals surface area (Å²) in [6, 6.07) is 19.2. The van der Waals surface area contributed by atoms with Crippen LogP contribution in [0.1, 0.15) is 31.2 Å². The fourth-order valence-electron chi connectivity index (χ4n) is 5.03. The lowest BCUT2D eigenvalue weighted by molar-refractivity contribution is -0.125. The summed E-state index contributed by atoms with van der Waals surface area (Å²) in [5.41, 5.74) is 1.98. The third-order valence-electron chi connectivity index (χ3n) is 7.02. The Bertz CT molecular complexity index is 1290. The SMILES string of the molecule is O=C(NCCc1ccccc1)[C@@H]1CCCN(c2ccc3cc(S(=O)(=O)N4CCCC4)ccc3n2)C1. The molecule has 184 valence electrons. The fraction of sp³-hybridized carbons (Fsp3) is 0.407. The topological polar surface area (TPSA) is 82.6 Å². The van der Waals surface area contributed by atoms with E-state index in [9.17, 15) is 13.2 Å². The van der Waals surface area contributed by atoms with Crippen LogP contribution in [-0.4, -0.2) is 56.3 Å². The number of fused-ring (bicyclic) bond motifs is 1. The van der Waals surface area contributed by atoms with Crippen molar-refractivity contribution in [2.45, 2.75) is 37.0 Å². The first-order valence-electron chi connectivity index (χ1n) is 12.5. The minimum Gasteiger partial charge on any atom is -0.356 e. The van der Waals surface area contributed by atoms with E-state index in [4.69, 9.17) is 4.98 Å². The van der Waals surface area contributed by atoms with Gasteiger partial charge < -0.3 is 10.2 Å². The zero-order chi connectivity index (χ0) is 24.3. The van der Waals surface area contributed by atoms with E-state index in [1.165, 1.54) is 5.56 Å². The lowest BCUT2D eigenvalue weighted by Crippen LogP contribution is -2.43. The molecule has 2 aliphatic heterocycles. The van der Waals surface area contributed by atoms with Crippen molar-refractivity contribution in [1.29, 1.82) is 0 Å². The number of carbonyl (C=O) groups excluding carboxylic acids is 1. The molecule has 2 aromatic carbocycles. The van der Waals surface area contributed by atoms with E-state index >= 15 is 0 Å². The molecule has 8 heteroatoms. The molecule has 0 bridgehead atoms. The minimum absolute atomic E-state index is 0.0648. The molecule has 3 aromatic rings. The molecule has 1 amide bonds. The lowest BCUT2D eigenvalue weighted by Gasteiger charge is -2.33. The van der Waals surface area contributed by atoms with Crippen LogP contribution in [-0.2, 0) is 21.2 Å². The molecule has 35 heavy (non-hydrogen) atoms. The summed E-state index contributed by atoms with van der Waals surface area (Å²) in [5, 5.41) is 3.91. The van der Waals surface area contributed by atoms with Gasteiger partial charge in [-0.1, -0.05) is 30.3 Å². The first kappa shape index (κ1) is 23.8. The quantitative estimate of drug-likeness (QED) is 0.545. The highest BCUT2D eigenvalue weighted by atomic mass is 32.2. The van der Waals surface area contributed by atoms with Gasteiger partial charge in [-0.25, -0.2) is 13.4 Å². The Labute approximate surface area is 207 Å². The van der Waals surface area contributed by atoms with Gasteiger partial charge in [-0.2, -0.15) is 4.31 Å². The van der Waals surface area contributed by atoms with Crippen LogP contribution in [0.4, 0.5) is 5.82 Å². The molecule has 7 nitrogen and oxygen atoms in total. The molecule has 0 aliphatic carbocycles. The monoisotopic (exact) mass is 492 g/mol. The number of hydrogen-bond donors (Lipinski definition) is 1. The number of hydrogen-bond acceptors (Lipinski definition) is 5. The third kappa shape index (κ3) is 5.33. The van der Waals surface area contributed by atoms with Crippen LogP contribution in [0.3, 0.4) is 0 Å². The molecular weight excluding hydrogens is 460 g/mol. The molecule has 1 N–H and O–H groups in total. The Morgan fingerprint density at radius 1 is 0.971 bits per heavy atom. The average molecular weight is 493 g/mol. The molecule has 1 aromatic heterocycles. The van der Waals surface area contributed by atoms with Crippen molar-refractivity contribution in [1.82, 2.24) is 14.6 Å². The van der Waals surface area contributed by atoms with Crippen LogP contribution in [0.2, 0.25) is 0 Å². The van der Waals surface area contributed by atoms with Crippen molar-refractivity contribution >= 4 is 32.7 Å². The van der Waals surface area contributed by atoms with Gasteiger partial charge in [0.1, 0.15) is 5.82 Å². The van der Waals surface area contributed by atoms with Crippen LogP contribution in [0.15, 0.2) is 65.6 Å². The maximum atomic E-state index is 12.9. The highest BCUT2D eigenvalue weighted by molar-refractivity contribution is 7.89. The lowest BCUT2D eigenvalue weighted by atomic mass is 9.97. The molecule has 2 fully saturated rings. The largest absolute Gasteiger partial charge is 0.356 e. The van der Waals surface area contributed by atoms with E-state index in [-0.39, 0.29) is 11.8 Å². The molecular formula is C27H32N4O3S. The molecule has 0 unspecified atom stereocenters. The molecule has 5 rings (SSSR count). The van der Waals surface area contributed by atoms with Crippen LogP contribution in [0, 0.1) is 5.92 Å². The van der Waals surface area contributed by atoms with Crippen molar-refractivity contribution in [3.05, 3.63) is 66.2 Å². The van der Waals surface area contributed by atoms with Gasteiger partial charge in [-0.05, 0) is 68.0 Å². The van der Waals surface area contributed by atoms with E-state index in [2.05, 4.69) is 22.3 Å². The van der Waals surface area contributed by atoms with Crippen LogP contribution in [0.5, 0.6) is 0 Å². The number of nitrogens with zero attached hydrogens (tertiary/aromatic N) is 3. The second-order valence-corrected chi connectivity index (χ2v) is 11.4. The van der Waals surface area contributed by atoms with Crippen molar-refractivity contribution in [2.75, 3.05) is 37.6 Å². The molecule has 2 aliphatic rings. The maximum absolute atomic E-state index is 12.9. The normalized spacial score (nSPS) is 19.2. The van der Waals surface area contributed by atoms with Gasteiger partial charge in [0.2, 0.25) is 15.9 Å². The zero-order valence-electron chi connectivity index (χ0n) is 19.9. The number of rotatable bonds is 7. The van der Waals surface area contributed by atoms with Gasteiger partial charge in [0.15, 0.2) is 0 Å². The van der Waals surface area contributed by atoms with E-state index in [1.54, 1.807) is 22.5 Å². The highest BCUT2D eigenvalue weighted by Gasteiger charge is 2.28. The van der Waals surface area contributed by atoms with E-state index in [1.807, 2.05) is 30.3 Å². The number of sulfonamides is 1. The van der Waals surface area contributed by atoms with Crippen molar-refractivity contribution < 1.29 is 13.2 Å². The fourth-order valence-corrected chi connectivity index (χ4v) is 6.58. The smallest absolute Gasteiger partial charge is 0.243 e. The number of aromatic nitrogens is 1. The predicted molar refractivity (Wildman–Crippen MR) is 138 cm³/mol. The summed E-state index contributed by atoms with van der Waals surface area (Å²) in [6.07, 6.45) is 4.46. The number of anilines is 1. The second-order valence-electron chi connectivity index (χ2n) is 9.45. The standard InChI is InChI=1S/C27H32N4O3S/c32-27(28-15-14-21-7-2-1-3-8-21)23-9-6-16-30(20-23)26-13-10-22-19-24(11-12-25(22)29-26)35(33,34)31-17-4-5-18-31/h1-3,7-8,10-13,19,23H,4-6,9,14-18,20H2,(H,28,32)/t23-/m1/s1. The third-order valence-corrected chi connectivity index (χ3v) is 8.92. The number of pyridine rings is 1. The molecule has 0 radical (unpaired) electrons. The van der Waals surface area contributed by atoms with Gasteiger partial charge in [0, 0.05) is 38.1 Å². The summed E-state index contributed by atoms with van der Waals surface area (Å²) in [6.45, 7) is 3.31. The predicted octanol–water partition coefficient (Wildman–Crippen LogP) is 3.59. The minimum atomic E-state index is -3.45. The molecule has 1 atom stereocenters. The number of benzene rings is 2. The summed E-state index contributed by atoms with van der Waals surface area (Å²) >= 11 is 0. The van der Waals surface area contributed by atoms with Gasteiger partial charge in [0.05, 0.1) is 16.3 Å². The Hall–Kier alpha value is -2.97. The second kappa shape index (κ2) is 10.3. The number of amides is 1. The zero-order valence-corrected chi connectivity index (χ0v) is 20.7. The summed E-state index contributed by atoms with van der Waals surface area (Å²) in [7, 11) is -3.45. The first-order valence-corrected chi connectivity index (χ1v) is 13.9. The van der Waals surface area contributed by atoms with Gasteiger partial charge in [-0.3, -0.25) is 4.79 Å². The summed E-state index contributed by atoms with van der Waals surface area (Å²) < 4.78 is 27.4. The summed E-state index contributed by atoms with van der Waals surface area (Å²) in [4.78, 5) is 20.1. The van der Waals surface area contributed by atoms with Gasteiger partial charge >= 0.3 is 0 Å². The summed E-state index contributed by atoms with van der Waals surface area (Å²) in [5.74, 6) is 0.864. The van der Waals surface area contributed by atoms with Gasteiger partial charge in [-0.15, -0.1) is 0 Å². The van der Waals surface area contributed by atoms with Crippen LogP contribution < -0.4 is 10.2 Å². The molecule has 2 saturated heterocycles. The van der Waals surface area contributed by atoms with Gasteiger partial charge in [0.25, 0.3) is 0 Å². The Kier molecular flexibility index (Phi) is 7.02. The Morgan fingerprint density at radius 3 is 2.57 bits per heavy atom. The first-order chi connectivity index (χ1) is 17.0.